The maximum Gasteiger partial charge on any atom is 0.112 e. The quantitative estimate of drug-likeness (QED) is 0.188. The second-order valence-electron chi connectivity index (χ2n) is 10.7. The van der Waals surface area contributed by atoms with Crippen molar-refractivity contribution in [2.75, 3.05) is 32.0 Å². The van der Waals surface area contributed by atoms with Crippen LogP contribution in [0, 0.1) is 0 Å². The van der Waals surface area contributed by atoms with E-state index in [0.717, 1.165) is 73.4 Å². The molecule has 2 aliphatic rings. The first kappa shape index (κ1) is 26.9. The topological polar surface area (TPSA) is 56.3 Å². The van der Waals surface area contributed by atoms with E-state index in [4.69, 9.17) is 10.5 Å². The number of benzene rings is 2. The Morgan fingerprint density at radius 3 is 2.90 bits per heavy atom. The summed E-state index contributed by atoms with van der Waals surface area (Å²) in [6.07, 6.45) is 12.7. The summed E-state index contributed by atoms with van der Waals surface area (Å²) in [7, 11) is 2.03. The summed E-state index contributed by atoms with van der Waals surface area (Å²) < 4.78 is 20.9. The normalized spacial score (nSPS) is 18.9. The molecule has 6 heteroatoms. The Bertz CT molecular complexity index is 1450. The number of likely N-dealkylation sites (tertiary alicyclic amines) is 1. The first-order valence-electron chi connectivity index (χ1n) is 14.0. The lowest BCUT2D eigenvalue weighted by molar-refractivity contribution is 0.121. The highest BCUT2D eigenvalue weighted by molar-refractivity contribution is 6.02. The van der Waals surface area contributed by atoms with Crippen LogP contribution in [0.15, 0.2) is 78.9 Å². The summed E-state index contributed by atoms with van der Waals surface area (Å²) in [5.41, 5.74) is 16.3. The first-order valence-corrected chi connectivity index (χ1v) is 14.0. The van der Waals surface area contributed by atoms with E-state index < -0.39 is 0 Å². The zero-order valence-corrected chi connectivity index (χ0v) is 23.1. The molecule has 3 aromatic rings. The molecule has 0 radical (unpaired) electrons. The highest BCUT2D eigenvalue weighted by atomic mass is 19.1. The number of aromatic nitrogens is 2. The molecule has 1 atom stereocenters. The molecule has 1 aliphatic heterocycles. The number of rotatable bonds is 9. The molecule has 0 amide bonds. The summed E-state index contributed by atoms with van der Waals surface area (Å²) >= 11 is 0. The number of imidazole rings is 1. The number of alkyl halides is 1. The number of anilines is 1. The van der Waals surface area contributed by atoms with Gasteiger partial charge in [0, 0.05) is 32.4 Å². The van der Waals surface area contributed by atoms with Crippen molar-refractivity contribution in [1.82, 2.24) is 14.5 Å². The summed E-state index contributed by atoms with van der Waals surface area (Å²) in [6.45, 7) is 8.57. The van der Waals surface area contributed by atoms with Crippen molar-refractivity contribution in [1.29, 1.82) is 0 Å². The average Bonchev–Trinajstić information content (AvgIpc) is 3.49. The fourth-order valence-corrected chi connectivity index (χ4v) is 5.88. The van der Waals surface area contributed by atoms with Gasteiger partial charge < -0.3 is 15.0 Å². The fourth-order valence-electron chi connectivity index (χ4n) is 5.88. The van der Waals surface area contributed by atoms with Crippen LogP contribution >= 0.6 is 0 Å². The van der Waals surface area contributed by atoms with Gasteiger partial charge in [0.25, 0.3) is 0 Å². The molecule has 2 aromatic carbocycles. The van der Waals surface area contributed by atoms with E-state index in [1.807, 2.05) is 32.4 Å². The van der Waals surface area contributed by atoms with Gasteiger partial charge in [0.05, 0.1) is 29.8 Å². The molecular weight excluding hydrogens is 487 g/mol. The lowest BCUT2D eigenvalue weighted by Gasteiger charge is -2.18. The zero-order valence-electron chi connectivity index (χ0n) is 23.1. The van der Waals surface area contributed by atoms with Crippen LogP contribution in [0.2, 0.25) is 0 Å². The van der Waals surface area contributed by atoms with Gasteiger partial charge in [-0.2, -0.15) is 0 Å². The van der Waals surface area contributed by atoms with Crippen molar-refractivity contribution in [2.24, 2.45) is 7.05 Å². The van der Waals surface area contributed by atoms with Crippen molar-refractivity contribution in [3.05, 3.63) is 95.6 Å². The summed E-state index contributed by atoms with van der Waals surface area (Å²) in [6, 6.07) is 12.8. The lowest BCUT2D eigenvalue weighted by Crippen LogP contribution is -2.24. The first-order chi connectivity index (χ1) is 19.0. The number of halogens is 1. The molecule has 1 saturated heterocycles. The number of hydrogen-bond acceptors (Lipinski definition) is 4. The maximum absolute atomic E-state index is 12.6. The van der Waals surface area contributed by atoms with Gasteiger partial charge in [-0.1, -0.05) is 30.9 Å². The van der Waals surface area contributed by atoms with Crippen LogP contribution in [0.25, 0.3) is 22.2 Å². The summed E-state index contributed by atoms with van der Waals surface area (Å²) in [4.78, 5) is 6.80. The summed E-state index contributed by atoms with van der Waals surface area (Å²) in [5.74, 6) is 0.872. The third-order valence-electron chi connectivity index (χ3n) is 7.84. The molecule has 1 fully saturated rings. The molecule has 5 rings (SSSR count). The van der Waals surface area contributed by atoms with E-state index in [1.165, 1.54) is 27.8 Å². The van der Waals surface area contributed by atoms with Crippen LogP contribution in [0.1, 0.15) is 49.3 Å². The Kier molecular flexibility index (Phi) is 8.32. The molecule has 2 heterocycles. The fraction of sp³-hybridized carbons (Fsp3) is 0.364. The Labute approximate surface area is 231 Å². The Morgan fingerprint density at radius 2 is 2.08 bits per heavy atom. The van der Waals surface area contributed by atoms with Crippen LogP contribution in [0.4, 0.5) is 10.1 Å². The number of nitrogen functional groups attached to an aromatic ring is 1. The summed E-state index contributed by atoms with van der Waals surface area (Å²) in [5, 5.41) is 0. The minimum atomic E-state index is -0.264. The number of allylic oxidation sites excluding steroid dienone is 7. The number of aryl methyl sites for hydroxylation is 2. The van der Waals surface area contributed by atoms with Gasteiger partial charge in [-0.25, -0.2) is 4.98 Å². The molecule has 2 N–H and O–H groups in total. The van der Waals surface area contributed by atoms with E-state index in [9.17, 15) is 4.39 Å². The van der Waals surface area contributed by atoms with Gasteiger partial charge in [-0.3, -0.25) is 9.29 Å². The van der Waals surface area contributed by atoms with Gasteiger partial charge in [-0.15, -0.1) is 0 Å². The van der Waals surface area contributed by atoms with E-state index >= 15 is 0 Å². The number of nitrogens with two attached hydrogens (primary N) is 1. The number of nitrogens with zero attached hydrogens (tertiary/aromatic N) is 3. The molecule has 0 spiro atoms. The van der Waals surface area contributed by atoms with Crippen molar-refractivity contribution in [3.63, 3.8) is 0 Å². The second kappa shape index (κ2) is 12.0. The van der Waals surface area contributed by atoms with Crippen molar-refractivity contribution in [3.8, 4) is 0 Å². The van der Waals surface area contributed by atoms with Gasteiger partial charge in [-0.05, 0) is 103 Å². The molecule has 39 heavy (non-hydrogen) atoms. The van der Waals surface area contributed by atoms with Gasteiger partial charge in [0.15, 0.2) is 0 Å². The average molecular weight is 527 g/mol. The van der Waals surface area contributed by atoms with Crippen LogP contribution in [-0.4, -0.2) is 46.9 Å². The van der Waals surface area contributed by atoms with Crippen LogP contribution in [0.3, 0.4) is 0 Å². The zero-order chi connectivity index (χ0) is 27.4. The van der Waals surface area contributed by atoms with E-state index in [-0.39, 0.29) is 12.8 Å². The number of fused-ring (bicyclic) bond motifs is 2. The van der Waals surface area contributed by atoms with Crippen LogP contribution in [-0.2, 0) is 18.2 Å². The Balaban J connectivity index is 1.52. The van der Waals surface area contributed by atoms with Crippen molar-refractivity contribution >= 4 is 27.9 Å². The third kappa shape index (κ3) is 6.01. The molecule has 204 valence electrons. The predicted molar refractivity (Wildman–Crippen MR) is 160 cm³/mol. The smallest absolute Gasteiger partial charge is 0.112 e. The van der Waals surface area contributed by atoms with Crippen molar-refractivity contribution < 1.29 is 9.13 Å². The minimum Gasteiger partial charge on any atom is -0.494 e. The van der Waals surface area contributed by atoms with Crippen LogP contribution in [0.5, 0.6) is 0 Å². The minimum absolute atomic E-state index is 0.142. The molecule has 0 saturated carbocycles. The standard InChI is InChI=1S/C33H39FN4O/c1-4-24(10-9-23(2)39-28-15-18-38(21-28)17-6-16-34)33-29(8-5-7-25-19-27(35)12-13-30(25)33)26-11-14-31-32(20-26)37(3)22-36-31/h4,9-14,19-20,22,28H,1,5-8,15-18,21,35H2,2-3H3/b23-9+,24-10+/t28-/m0/s1. The van der Waals surface area contributed by atoms with Crippen LogP contribution < -0.4 is 5.73 Å². The van der Waals surface area contributed by atoms with E-state index in [1.54, 1.807) is 0 Å². The Morgan fingerprint density at radius 1 is 1.21 bits per heavy atom. The largest absolute Gasteiger partial charge is 0.494 e. The highest BCUT2D eigenvalue weighted by Gasteiger charge is 2.24. The molecule has 1 aliphatic carbocycles. The van der Waals surface area contributed by atoms with Crippen molar-refractivity contribution in [2.45, 2.75) is 45.1 Å². The molecule has 0 bridgehead atoms. The van der Waals surface area contributed by atoms with E-state index in [0.29, 0.717) is 6.42 Å². The molecular formula is C33H39FN4O. The second-order valence-corrected chi connectivity index (χ2v) is 10.7. The Hall–Kier alpha value is -3.64. The third-order valence-corrected chi connectivity index (χ3v) is 7.84. The monoisotopic (exact) mass is 526 g/mol. The lowest BCUT2D eigenvalue weighted by atomic mass is 9.87. The van der Waals surface area contributed by atoms with Gasteiger partial charge >= 0.3 is 0 Å². The van der Waals surface area contributed by atoms with Gasteiger partial charge in [0.2, 0.25) is 0 Å². The number of hydrogen-bond donors (Lipinski definition) is 1. The molecule has 5 nitrogen and oxygen atoms in total. The number of ether oxygens (including phenoxy) is 1. The van der Waals surface area contributed by atoms with E-state index in [2.05, 4.69) is 63.5 Å². The SMILES string of the molecule is C=C/C(=C\C=C(/C)O[C@H]1CCN(CCCF)C1)C1=C(c2ccc3ncn(C)c3c2)CCCc2cc(N)ccc21. The highest BCUT2D eigenvalue weighted by Crippen LogP contribution is 2.41. The molecule has 1 aromatic heterocycles. The predicted octanol–water partition coefficient (Wildman–Crippen LogP) is 6.87. The molecule has 0 unspecified atom stereocenters. The van der Waals surface area contributed by atoms with Gasteiger partial charge in [0.1, 0.15) is 6.10 Å². The maximum atomic E-state index is 12.6.